The Morgan fingerprint density at radius 1 is 1.24 bits per heavy atom. The van der Waals surface area contributed by atoms with Gasteiger partial charge in [0.25, 0.3) is 0 Å². The fraction of sp³-hybridized carbons (Fsp3) is 0.364. The van der Waals surface area contributed by atoms with Crippen molar-refractivity contribution in [3.63, 3.8) is 0 Å². The standard InChI is InChI=1S/C11H13F2NO3/c1-14-5-8(15)9-6(12)4-7(13)10(16-2)11(9)17-3/h4,14H,5H2,1-3H3. The van der Waals surface area contributed by atoms with E-state index in [-0.39, 0.29) is 23.6 Å². The average molecular weight is 245 g/mol. The van der Waals surface area contributed by atoms with Gasteiger partial charge in [0, 0.05) is 6.07 Å². The van der Waals surface area contributed by atoms with Gasteiger partial charge < -0.3 is 14.8 Å². The zero-order chi connectivity index (χ0) is 13.0. The Balaban J connectivity index is 3.41. The minimum absolute atomic E-state index is 0.0813. The summed E-state index contributed by atoms with van der Waals surface area (Å²) in [7, 11) is 3.97. The van der Waals surface area contributed by atoms with Crippen LogP contribution in [0.2, 0.25) is 0 Å². The highest BCUT2D eigenvalue weighted by Crippen LogP contribution is 2.35. The Morgan fingerprint density at radius 2 is 1.82 bits per heavy atom. The van der Waals surface area contributed by atoms with Crippen LogP contribution in [0.4, 0.5) is 8.78 Å². The first kappa shape index (κ1) is 13.4. The summed E-state index contributed by atoms with van der Waals surface area (Å²) in [6, 6.07) is 0.601. The summed E-state index contributed by atoms with van der Waals surface area (Å²) >= 11 is 0. The van der Waals surface area contributed by atoms with E-state index in [2.05, 4.69) is 5.32 Å². The molecule has 0 atom stereocenters. The number of ketones is 1. The molecule has 0 saturated heterocycles. The van der Waals surface area contributed by atoms with Crippen molar-refractivity contribution in [2.24, 2.45) is 0 Å². The number of ether oxygens (including phenoxy) is 2. The summed E-state index contributed by atoms with van der Waals surface area (Å²) in [5, 5.41) is 2.59. The van der Waals surface area contributed by atoms with Crippen LogP contribution in [0.1, 0.15) is 10.4 Å². The van der Waals surface area contributed by atoms with Gasteiger partial charge in [-0.25, -0.2) is 8.78 Å². The number of Topliss-reactive ketones (excluding diaryl/α,β-unsaturated/α-hetero) is 1. The molecule has 0 fully saturated rings. The lowest BCUT2D eigenvalue weighted by Crippen LogP contribution is -2.20. The Hall–Kier alpha value is -1.69. The van der Waals surface area contributed by atoms with Gasteiger partial charge in [0.05, 0.1) is 20.8 Å². The summed E-state index contributed by atoms with van der Waals surface area (Å²) < 4.78 is 36.5. The molecule has 0 aliphatic heterocycles. The van der Waals surface area contributed by atoms with E-state index in [0.29, 0.717) is 6.07 Å². The van der Waals surface area contributed by atoms with Crippen LogP contribution in [0.3, 0.4) is 0 Å². The number of benzene rings is 1. The molecule has 0 aromatic heterocycles. The summed E-state index contributed by atoms with van der Waals surface area (Å²) in [4.78, 5) is 11.7. The summed E-state index contributed by atoms with van der Waals surface area (Å²) in [5.74, 6) is -2.94. The van der Waals surface area contributed by atoms with E-state index in [1.165, 1.54) is 14.2 Å². The Morgan fingerprint density at radius 3 is 2.29 bits per heavy atom. The lowest BCUT2D eigenvalue weighted by molar-refractivity contribution is 0.0985. The van der Waals surface area contributed by atoms with E-state index in [1.807, 2.05) is 0 Å². The van der Waals surface area contributed by atoms with Gasteiger partial charge in [-0.15, -0.1) is 0 Å². The maximum Gasteiger partial charge on any atom is 0.197 e. The topological polar surface area (TPSA) is 47.6 Å². The minimum atomic E-state index is -0.972. The van der Waals surface area contributed by atoms with Crippen LogP contribution in [0.25, 0.3) is 0 Å². The third-order valence-corrected chi connectivity index (χ3v) is 2.17. The third kappa shape index (κ3) is 2.52. The highest BCUT2D eigenvalue weighted by molar-refractivity contribution is 6.01. The van der Waals surface area contributed by atoms with Crippen molar-refractivity contribution < 1.29 is 23.0 Å². The second kappa shape index (κ2) is 5.58. The molecule has 0 spiro atoms. The highest BCUT2D eigenvalue weighted by Gasteiger charge is 2.24. The first-order valence-electron chi connectivity index (χ1n) is 4.84. The van der Waals surface area contributed by atoms with Crippen LogP contribution in [-0.4, -0.2) is 33.6 Å². The molecule has 0 aliphatic rings. The van der Waals surface area contributed by atoms with Crippen molar-refractivity contribution in [1.29, 1.82) is 0 Å². The monoisotopic (exact) mass is 245 g/mol. The third-order valence-electron chi connectivity index (χ3n) is 2.17. The number of carbonyl (C=O) groups is 1. The van der Waals surface area contributed by atoms with Crippen molar-refractivity contribution in [3.05, 3.63) is 23.3 Å². The number of carbonyl (C=O) groups excluding carboxylic acids is 1. The number of likely N-dealkylation sites (N-methyl/N-ethyl adjacent to an activating group) is 1. The molecule has 1 N–H and O–H groups in total. The number of methoxy groups -OCH3 is 2. The Bertz CT molecular complexity index is 435. The van der Waals surface area contributed by atoms with E-state index < -0.39 is 17.4 Å². The molecule has 6 heteroatoms. The van der Waals surface area contributed by atoms with Crippen molar-refractivity contribution in [2.45, 2.75) is 0 Å². The van der Waals surface area contributed by atoms with E-state index in [4.69, 9.17) is 9.47 Å². The molecule has 0 amide bonds. The largest absolute Gasteiger partial charge is 0.492 e. The Kier molecular flexibility index (Phi) is 4.39. The molecule has 1 rings (SSSR count). The van der Waals surface area contributed by atoms with Gasteiger partial charge in [-0.1, -0.05) is 0 Å². The number of halogens is 2. The second-order valence-corrected chi connectivity index (χ2v) is 3.24. The number of hydrogen-bond acceptors (Lipinski definition) is 4. The molecular weight excluding hydrogens is 232 g/mol. The van der Waals surface area contributed by atoms with Crippen LogP contribution >= 0.6 is 0 Å². The quantitative estimate of drug-likeness (QED) is 0.796. The first-order valence-corrected chi connectivity index (χ1v) is 4.84. The molecule has 0 saturated carbocycles. The van der Waals surface area contributed by atoms with Gasteiger partial charge >= 0.3 is 0 Å². The zero-order valence-electron chi connectivity index (χ0n) is 9.77. The fourth-order valence-electron chi connectivity index (χ4n) is 1.47. The highest BCUT2D eigenvalue weighted by atomic mass is 19.1. The summed E-state index contributed by atoms with van der Waals surface area (Å²) in [6.07, 6.45) is 0. The predicted octanol–water partition coefficient (Wildman–Crippen LogP) is 1.38. The van der Waals surface area contributed by atoms with Gasteiger partial charge in [0.1, 0.15) is 11.4 Å². The normalized spacial score (nSPS) is 10.2. The first-order chi connectivity index (χ1) is 8.06. The van der Waals surface area contributed by atoms with E-state index in [1.54, 1.807) is 7.05 Å². The summed E-state index contributed by atoms with van der Waals surface area (Å²) in [5.41, 5.74) is -0.319. The van der Waals surface area contributed by atoms with Gasteiger partial charge in [-0.2, -0.15) is 0 Å². The zero-order valence-corrected chi connectivity index (χ0v) is 9.77. The predicted molar refractivity (Wildman–Crippen MR) is 57.7 cm³/mol. The molecule has 0 bridgehead atoms. The SMILES string of the molecule is CNCC(=O)c1c(F)cc(F)c(OC)c1OC. The van der Waals surface area contributed by atoms with Crippen molar-refractivity contribution in [1.82, 2.24) is 5.32 Å². The van der Waals surface area contributed by atoms with Gasteiger partial charge in [-0.3, -0.25) is 4.79 Å². The Labute approximate surface area is 97.5 Å². The molecule has 0 heterocycles. The maximum atomic E-state index is 13.6. The molecule has 17 heavy (non-hydrogen) atoms. The smallest absolute Gasteiger partial charge is 0.197 e. The lowest BCUT2D eigenvalue weighted by atomic mass is 10.1. The van der Waals surface area contributed by atoms with Crippen LogP contribution in [-0.2, 0) is 0 Å². The van der Waals surface area contributed by atoms with Crippen LogP contribution in [0.5, 0.6) is 11.5 Å². The van der Waals surface area contributed by atoms with Gasteiger partial charge in [0.2, 0.25) is 0 Å². The van der Waals surface area contributed by atoms with Crippen molar-refractivity contribution in [3.8, 4) is 11.5 Å². The van der Waals surface area contributed by atoms with Crippen LogP contribution in [0, 0.1) is 11.6 Å². The van der Waals surface area contributed by atoms with E-state index >= 15 is 0 Å². The molecule has 94 valence electrons. The molecule has 1 aromatic rings. The minimum Gasteiger partial charge on any atom is -0.492 e. The lowest BCUT2D eigenvalue weighted by Gasteiger charge is -2.13. The number of hydrogen-bond donors (Lipinski definition) is 1. The van der Waals surface area contributed by atoms with Gasteiger partial charge in [-0.05, 0) is 7.05 Å². The van der Waals surface area contributed by atoms with Crippen LogP contribution < -0.4 is 14.8 Å². The molecule has 0 aliphatic carbocycles. The number of nitrogens with one attached hydrogen (secondary N) is 1. The average Bonchev–Trinajstić information content (AvgIpc) is 2.28. The van der Waals surface area contributed by atoms with E-state index in [0.717, 1.165) is 0 Å². The summed E-state index contributed by atoms with van der Waals surface area (Å²) in [6.45, 7) is -0.0813. The van der Waals surface area contributed by atoms with Gasteiger partial charge in [0.15, 0.2) is 23.1 Å². The van der Waals surface area contributed by atoms with E-state index in [9.17, 15) is 13.6 Å². The second-order valence-electron chi connectivity index (χ2n) is 3.24. The molecule has 4 nitrogen and oxygen atoms in total. The van der Waals surface area contributed by atoms with Crippen LogP contribution in [0.15, 0.2) is 6.07 Å². The molecule has 0 radical (unpaired) electrons. The molecular formula is C11H13F2NO3. The molecule has 1 aromatic carbocycles. The van der Waals surface area contributed by atoms with Crippen molar-refractivity contribution in [2.75, 3.05) is 27.8 Å². The maximum absolute atomic E-state index is 13.6. The molecule has 0 unspecified atom stereocenters. The van der Waals surface area contributed by atoms with Crippen molar-refractivity contribution >= 4 is 5.78 Å². The number of rotatable bonds is 5. The fourth-order valence-corrected chi connectivity index (χ4v) is 1.47.